The first kappa shape index (κ1) is 15.9. The van der Waals surface area contributed by atoms with Gasteiger partial charge in [0, 0.05) is 11.4 Å². The Kier molecular flexibility index (Phi) is 5.28. The van der Waals surface area contributed by atoms with Gasteiger partial charge in [0.05, 0.1) is 5.75 Å². The molecule has 5 heteroatoms. The van der Waals surface area contributed by atoms with E-state index in [-0.39, 0.29) is 5.91 Å². The maximum atomic E-state index is 12.2. The van der Waals surface area contributed by atoms with Gasteiger partial charge in [0.25, 0.3) is 0 Å². The topological polar surface area (TPSA) is 57.6 Å². The lowest BCUT2D eigenvalue weighted by Crippen LogP contribution is -2.41. The van der Waals surface area contributed by atoms with Gasteiger partial charge in [-0.1, -0.05) is 26.0 Å². The van der Waals surface area contributed by atoms with Crippen LogP contribution in [0.4, 0.5) is 0 Å². The Labute approximate surface area is 129 Å². The summed E-state index contributed by atoms with van der Waals surface area (Å²) >= 11 is 1.47. The van der Waals surface area contributed by atoms with Crippen molar-refractivity contribution in [3.8, 4) is 0 Å². The summed E-state index contributed by atoms with van der Waals surface area (Å²) in [4.78, 5) is 25.8. The summed E-state index contributed by atoms with van der Waals surface area (Å²) in [5.41, 5.74) is 1.27. The number of thioether (sulfide) groups is 1. The maximum Gasteiger partial charge on any atom is 0.326 e. The Morgan fingerprint density at radius 2 is 2.00 bits per heavy atom. The normalized spacial score (nSPS) is 18.2. The van der Waals surface area contributed by atoms with Crippen LogP contribution in [0.5, 0.6) is 0 Å². The molecule has 4 nitrogen and oxygen atoms in total. The number of amides is 1. The van der Waals surface area contributed by atoms with Gasteiger partial charge >= 0.3 is 5.97 Å². The van der Waals surface area contributed by atoms with E-state index >= 15 is 0 Å². The second-order valence-corrected chi connectivity index (χ2v) is 6.64. The minimum absolute atomic E-state index is 0.0853. The van der Waals surface area contributed by atoms with E-state index in [4.69, 9.17) is 5.11 Å². The molecule has 1 saturated heterocycles. The summed E-state index contributed by atoms with van der Waals surface area (Å²) in [5, 5.41) is 9.10. The van der Waals surface area contributed by atoms with Crippen LogP contribution in [0.2, 0.25) is 0 Å². The summed E-state index contributed by atoms with van der Waals surface area (Å²) in [6.45, 7) is 4.85. The molecular weight excluding hydrogens is 286 g/mol. The van der Waals surface area contributed by atoms with Crippen LogP contribution < -0.4 is 0 Å². The summed E-state index contributed by atoms with van der Waals surface area (Å²) in [6.07, 6.45) is 1.34. The fraction of sp³-hybridized carbons (Fsp3) is 0.500. The standard InChI is InChI=1S/C16H21NO3S/c1-11(2)12-5-7-13(8-6-12)21-10-15(18)17-9-3-4-14(17)16(19)20/h5-8,11,14H,3-4,9-10H2,1-2H3,(H,19,20)/t14-/m1/s1. The molecular formula is C16H21NO3S. The zero-order valence-electron chi connectivity index (χ0n) is 12.4. The fourth-order valence-electron chi connectivity index (χ4n) is 2.50. The number of hydrogen-bond donors (Lipinski definition) is 1. The summed E-state index contributed by atoms with van der Waals surface area (Å²) in [7, 11) is 0. The third-order valence-corrected chi connectivity index (χ3v) is 4.76. The van der Waals surface area contributed by atoms with E-state index in [0.29, 0.717) is 24.6 Å². The lowest BCUT2D eigenvalue weighted by Gasteiger charge is -2.21. The first-order valence-corrected chi connectivity index (χ1v) is 8.22. The summed E-state index contributed by atoms with van der Waals surface area (Å²) in [6, 6.07) is 7.56. The Bertz CT molecular complexity index is 513. The molecule has 0 saturated carbocycles. The third-order valence-electron chi connectivity index (χ3n) is 3.77. The Hall–Kier alpha value is -1.49. The van der Waals surface area contributed by atoms with E-state index in [1.54, 1.807) is 0 Å². The molecule has 1 N–H and O–H groups in total. The number of rotatable bonds is 5. The fourth-order valence-corrected chi connectivity index (χ4v) is 3.28. The average molecular weight is 307 g/mol. The number of carboxylic acid groups (broad SMARTS) is 1. The van der Waals surface area contributed by atoms with Crippen molar-refractivity contribution in [2.45, 2.75) is 43.5 Å². The van der Waals surface area contributed by atoms with Crippen LogP contribution in [-0.2, 0) is 9.59 Å². The largest absolute Gasteiger partial charge is 0.480 e. The van der Waals surface area contributed by atoms with Gasteiger partial charge in [-0.3, -0.25) is 4.79 Å². The van der Waals surface area contributed by atoms with Crippen LogP contribution in [0.15, 0.2) is 29.2 Å². The quantitative estimate of drug-likeness (QED) is 0.850. The maximum absolute atomic E-state index is 12.2. The average Bonchev–Trinajstić information content (AvgIpc) is 2.95. The van der Waals surface area contributed by atoms with Crippen LogP contribution in [0, 0.1) is 0 Å². The number of carboxylic acids is 1. The molecule has 0 aromatic heterocycles. The zero-order valence-corrected chi connectivity index (χ0v) is 13.2. The molecule has 1 fully saturated rings. The lowest BCUT2D eigenvalue weighted by atomic mass is 10.0. The highest BCUT2D eigenvalue weighted by molar-refractivity contribution is 8.00. The number of benzene rings is 1. The SMILES string of the molecule is CC(C)c1ccc(SCC(=O)N2CCC[C@@H]2C(=O)O)cc1. The van der Waals surface area contributed by atoms with Gasteiger partial charge in [0.15, 0.2) is 0 Å². The van der Waals surface area contributed by atoms with Crippen molar-refractivity contribution >= 4 is 23.6 Å². The van der Waals surface area contributed by atoms with E-state index in [9.17, 15) is 9.59 Å². The van der Waals surface area contributed by atoms with Crippen molar-refractivity contribution in [1.29, 1.82) is 0 Å². The zero-order chi connectivity index (χ0) is 15.4. The predicted octanol–water partition coefficient (Wildman–Crippen LogP) is 2.98. The van der Waals surface area contributed by atoms with Gasteiger partial charge in [-0.2, -0.15) is 0 Å². The number of hydrogen-bond acceptors (Lipinski definition) is 3. The molecule has 1 aliphatic rings. The van der Waals surface area contributed by atoms with Gasteiger partial charge in [0.1, 0.15) is 6.04 Å². The van der Waals surface area contributed by atoms with E-state index in [1.165, 1.54) is 22.2 Å². The first-order valence-electron chi connectivity index (χ1n) is 7.24. The number of carbonyl (C=O) groups is 2. The van der Waals surface area contributed by atoms with Crippen molar-refractivity contribution in [2.24, 2.45) is 0 Å². The van der Waals surface area contributed by atoms with Crippen molar-refractivity contribution in [1.82, 2.24) is 4.90 Å². The first-order chi connectivity index (χ1) is 9.99. The monoisotopic (exact) mass is 307 g/mol. The third kappa shape index (κ3) is 4.00. The number of likely N-dealkylation sites (tertiary alicyclic amines) is 1. The van der Waals surface area contributed by atoms with Crippen molar-refractivity contribution < 1.29 is 14.7 Å². The molecule has 0 aliphatic carbocycles. The number of aliphatic carboxylic acids is 1. The molecule has 1 atom stereocenters. The molecule has 1 aromatic carbocycles. The minimum Gasteiger partial charge on any atom is -0.480 e. The molecule has 0 unspecified atom stereocenters. The van der Waals surface area contributed by atoms with E-state index in [2.05, 4.69) is 26.0 Å². The second-order valence-electron chi connectivity index (χ2n) is 5.60. The van der Waals surface area contributed by atoms with E-state index in [0.717, 1.165) is 11.3 Å². The van der Waals surface area contributed by atoms with Crippen LogP contribution in [0.3, 0.4) is 0 Å². The van der Waals surface area contributed by atoms with Crippen molar-refractivity contribution in [3.63, 3.8) is 0 Å². The summed E-state index contributed by atoms with van der Waals surface area (Å²) < 4.78 is 0. The molecule has 0 spiro atoms. The highest BCUT2D eigenvalue weighted by Gasteiger charge is 2.33. The molecule has 114 valence electrons. The van der Waals surface area contributed by atoms with Gasteiger partial charge < -0.3 is 10.0 Å². The number of carbonyl (C=O) groups excluding carboxylic acids is 1. The molecule has 1 amide bonds. The van der Waals surface area contributed by atoms with Crippen LogP contribution in [-0.4, -0.2) is 40.2 Å². The van der Waals surface area contributed by atoms with Crippen molar-refractivity contribution in [2.75, 3.05) is 12.3 Å². The predicted molar refractivity (Wildman–Crippen MR) is 83.6 cm³/mol. The molecule has 1 aromatic rings. The molecule has 0 bridgehead atoms. The number of nitrogens with zero attached hydrogens (tertiary/aromatic N) is 1. The lowest BCUT2D eigenvalue weighted by molar-refractivity contribution is -0.147. The Morgan fingerprint density at radius 1 is 1.33 bits per heavy atom. The Morgan fingerprint density at radius 3 is 2.57 bits per heavy atom. The van der Waals surface area contributed by atoms with Crippen LogP contribution in [0.25, 0.3) is 0 Å². The van der Waals surface area contributed by atoms with Crippen LogP contribution >= 0.6 is 11.8 Å². The van der Waals surface area contributed by atoms with Gasteiger partial charge in [-0.25, -0.2) is 4.79 Å². The Balaban J connectivity index is 1.90. The van der Waals surface area contributed by atoms with Gasteiger partial charge in [-0.05, 0) is 36.5 Å². The molecule has 1 heterocycles. The van der Waals surface area contributed by atoms with Crippen molar-refractivity contribution in [3.05, 3.63) is 29.8 Å². The van der Waals surface area contributed by atoms with Gasteiger partial charge in [0.2, 0.25) is 5.91 Å². The smallest absolute Gasteiger partial charge is 0.326 e. The second kappa shape index (κ2) is 6.98. The minimum atomic E-state index is -0.896. The van der Waals surface area contributed by atoms with Gasteiger partial charge in [-0.15, -0.1) is 11.8 Å². The molecule has 21 heavy (non-hydrogen) atoms. The molecule has 1 aliphatic heterocycles. The highest BCUT2D eigenvalue weighted by Crippen LogP contribution is 2.24. The summed E-state index contributed by atoms with van der Waals surface area (Å²) in [5.74, 6) is -0.193. The van der Waals surface area contributed by atoms with Crippen LogP contribution in [0.1, 0.15) is 38.2 Å². The highest BCUT2D eigenvalue weighted by atomic mass is 32.2. The molecule has 2 rings (SSSR count). The van der Waals surface area contributed by atoms with E-state index < -0.39 is 12.0 Å². The molecule has 0 radical (unpaired) electrons. The van der Waals surface area contributed by atoms with E-state index in [1.807, 2.05) is 12.1 Å².